The fraction of sp³-hybridized carbons (Fsp3) is 0.714. The largest absolute Gasteiger partial charge is 0.340 e. The normalized spacial score (nSPS) is 22.6. The van der Waals surface area contributed by atoms with Crippen LogP contribution in [0.1, 0.15) is 46.5 Å². The standard InChI is InChI=1S/C14H22N2O2/c1-5-7-8-9-10-16-11(6-2)12(17)15-14(3,4)13(16)18/h1,11H,6-10H2,2-4H3,(H,15,17). The molecule has 18 heavy (non-hydrogen) atoms. The Labute approximate surface area is 109 Å². The van der Waals surface area contributed by atoms with Crippen molar-refractivity contribution in [2.24, 2.45) is 0 Å². The van der Waals surface area contributed by atoms with E-state index >= 15 is 0 Å². The maximum absolute atomic E-state index is 12.3. The van der Waals surface area contributed by atoms with E-state index in [1.54, 1.807) is 18.7 Å². The summed E-state index contributed by atoms with van der Waals surface area (Å²) in [5.41, 5.74) is -0.797. The van der Waals surface area contributed by atoms with Crippen LogP contribution in [0.5, 0.6) is 0 Å². The van der Waals surface area contributed by atoms with Crippen molar-refractivity contribution in [1.29, 1.82) is 0 Å². The average molecular weight is 250 g/mol. The quantitative estimate of drug-likeness (QED) is 0.590. The molecule has 4 heteroatoms. The second-order valence-electron chi connectivity index (χ2n) is 5.20. The van der Waals surface area contributed by atoms with Gasteiger partial charge in [-0.25, -0.2) is 0 Å². The van der Waals surface area contributed by atoms with E-state index in [1.165, 1.54) is 0 Å². The van der Waals surface area contributed by atoms with Gasteiger partial charge in [-0.05, 0) is 33.1 Å². The third kappa shape index (κ3) is 3.04. The first-order valence-electron chi connectivity index (χ1n) is 6.50. The highest BCUT2D eigenvalue weighted by molar-refractivity contribution is 5.99. The summed E-state index contributed by atoms with van der Waals surface area (Å²) < 4.78 is 0. The SMILES string of the molecule is C#CCCCCN1C(=O)C(C)(C)NC(=O)C1CC. The minimum atomic E-state index is -0.797. The Morgan fingerprint density at radius 3 is 2.61 bits per heavy atom. The van der Waals surface area contributed by atoms with Crippen molar-refractivity contribution >= 4 is 11.8 Å². The molecule has 1 aliphatic rings. The van der Waals surface area contributed by atoms with E-state index in [0.717, 1.165) is 12.8 Å². The Morgan fingerprint density at radius 1 is 1.39 bits per heavy atom. The molecule has 0 saturated carbocycles. The number of unbranched alkanes of at least 4 members (excludes halogenated alkanes) is 2. The van der Waals surface area contributed by atoms with Crippen molar-refractivity contribution in [3.05, 3.63) is 0 Å². The summed E-state index contributed by atoms with van der Waals surface area (Å²) in [5, 5.41) is 2.78. The third-order valence-electron chi connectivity index (χ3n) is 3.27. The fourth-order valence-corrected chi connectivity index (χ4v) is 2.26. The summed E-state index contributed by atoms with van der Waals surface area (Å²) >= 11 is 0. The lowest BCUT2D eigenvalue weighted by Crippen LogP contribution is -2.68. The molecule has 1 aliphatic heterocycles. The zero-order valence-electron chi connectivity index (χ0n) is 11.5. The van der Waals surface area contributed by atoms with E-state index in [0.29, 0.717) is 19.4 Å². The predicted octanol–water partition coefficient (Wildman–Crippen LogP) is 1.31. The molecule has 0 aliphatic carbocycles. The first kappa shape index (κ1) is 14.6. The van der Waals surface area contributed by atoms with Crippen LogP contribution in [-0.4, -0.2) is 34.8 Å². The zero-order chi connectivity index (χ0) is 13.8. The van der Waals surface area contributed by atoms with Gasteiger partial charge in [-0.2, -0.15) is 0 Å². The van der Waals surface area contributed by atoms with Crippen LogP contribution >= 0.6 is 0 Å². The second-order valence-corrected chi connectivity index (χ2v) is 5.20. The van der Waals surface area contributed by atoms with Crippen molar-refractivity contribution in [3.63, 3.8) is 0 Å². The third-order valence-corrected chi connectivity index (χ3v) is 3.27. The van der Waals surface area contributed by atoms with Gasteiger partial charge in [0.15, 0.2) is 0 Å². The number of carbonyl (C=O) groups is 2. The lowest BCUT2D eigenvalue weighted by atomic mass is 9.95. The van der Waals surface area contributed by atoms with Gasteiger partial charge < -0.3 is 10.2 Å². The monoisotopic (exact) mass is 250 g/mol. The molecule has 1 N–H and O–H groups in total. The maximum atomic E-state index is 12.3. The van der Waals surface area contributed by atoms with Crippen molar-refractivity contribution < 1.29 is 9.59 Å². The summed E-state index contributed by atoms with van der Waals surface area (Å²) in [7, 11) is 0. The van der Waals surface area contributed by atoms with Crippen molar-refractivity contribution in [2.45, 2.75) is 58.0 Å². The van der Waals surface area contributed by atoms with Crippen molar-refractivity contribution in [1.82, 2.24) is 10.2 Å². The molecule has 0 bridgehead atoms. The van der Waals surface area contributed by atoms with Gasteiger partial charge in [-0.15, -0.1) is 12.3 Å². The second kappa shape index (κ2) is 5.90. The Kier molecular flexibility index (Phi) is 4.77. The molecule has 1 unspecified atom stereocenters. The number of hydrogen-bond acceptors (Lipinski definition) is 2. The van der Waals surface area contributed by atoms with Crippen LogP contribution in [0.3, 0.4) is 0 Å². The average Bonchev–Trinajstić information content (AvgIpc) is 2.30. The summed E-state index contributed by atoms with van der Waals surface area (Å²) in [6.07, 6.45) is 8.29. The molecule has 0 aromatic heterocycles. The van der Waals surface area contributed by atoms with E-state index in [4.69, 9.17) is 6.42 Å². The molecule has 0 aromatic rings. The van der Waals surface area contributed by atoms with Gasteiger partial charge in [-0.1, -0.05) is 6.92 Å². The molecule has 0 radical (unpaired) electrons. The number of piperazine rings is 1. The molecular weight excluding hydrogens is 228 g/mol. The van der Waals surface area contributed by atoms with Crippen molar-refractivity contribution in [2.75, 3.05) is 6.54 Å². The van der Waals surface area contributed by atoms with Crippen LogP contribution < -0.4 is 5.32 Å². The van der Waals surface area contributed by atoms with Gasteiger partial charge in [0.25, 0.3) is 0 Å². The number of carbonyl (C=O) groups excluding carboxylic acids is 2. The Morgan fingerprint density at radius 2 is 2.06 bits per heavy atom. The molecular formula is C14H22N2O2. The number of hydrogen-bond donors (Lipinski definition) is 1. The maximum Gasteiger partial charge on any atom is 0.248 e. The molecule has 1 fully saturated rings. The highest BCUT2D eigenvalue weighted by Gasteiger charge is 2.43. The van der Waals surface area contributed by atoms with E-state index in [2.05, 4.69) is 11.2 Å². The van der Waals surface area contributed by atoms with Crippen LogP contribution in [0.25, 0.3) is 0 Å². The lowest BCUT2D eigenvalue weighted by molar-refractivity contribution is -0.153. The van der Waals surface area contributed by atoms with Crippen LogP contribution in [0.4, 0.5) is 0 Å². The van der Waals surface area contributed by atoms with E-state index < -0.39 is 5.54 Å². The Hall–Kier alpha value is -1.50. The van der Waals surface area contributed by atoms with Gasteiger partial charge in [0.2, 0.25) is 11.8 Å². The number of amides is 2. The molecule has 2 amide bonds. The minimum absolute atomic E-state index is 0.00495. The number of rotatable bonds is 5. The van der Waals surface area contributed by atoms with Crippen LogP contribution in [0.15, 0.2) is 0 Å². The molecule has 4 nitrogen and oxygen atoms in total. The minimum Gasteiger partial charge on any atom is -0.340 e. The molecule has 1 saturated heterocycles. The predicted molar refractivity (Wildman–Crippen MR) is 70.7 cm³/mol. The van der Waals surface area contributed by atoms with Crippen LogP contribution in [0.2, 0.25) is 0 Å². The summed E-state index contributed by atoms with van der Waals surface area (Å²) in [4.78, 5) is 25.9. The highest BCUT2D eigenvalue weighted by atomic mass is 16.2. The van der Waals surface area contributed by atoms with Gasteiger partial charge in [0, 0.05) is 13.0 Å². The number of terminal acetylenes is 1. The highest BCUT2D eigenvalue weighted by Crippen LogP contribution is 2.20. The molecule has 0 aromatic carbocycles. The van der Waals surface area contributed by atoms with Gasteiger partial charge in [0.1, 0.15) is 11.6 Å². The molecule has 0 spiro atoms. The van der Waals surface area contributed by atoms with Gasteiger partial charge in [0.05, 0.1) is 0 Å². The lowest BCUT2D eigenvalue weighted by Gasteiger charge is -2.42. The van der Waals surface area contributed by atoms with Crippen LogP contribution in [0, 0.1) is 12.3 Å². The fourth-order valence-electron chi connectivity index (χ4n) is 2.26. The summed E-state index contributed by atoms with van der Waals surface area (Å²) in [6.45, 7) is 6.02. The summed E-state index contributed by atoms with van der Waals surface area (Å²) in [5.74, 6) is 2.52. The number of nitrogens with one attached hydrogen (secondary N) is 1. The molecule has 1 rings (SSSR count). The first-order chi connectivity index (χ1) is 8.44. The van der Waals surface area contributed by atoms with Crippen LogP contribution in [-0.2, 0) is 9.59 Å². The topological polar surface area (TPSA) is 49.4 Å². The van der Waals surface area contributed by atoms with Gasteiger partial charge in [-0.3, -0.25) is 9.59 Å². The first-order valence-corrected chi connectivity index (χ1v) is 6.50. The smallest absolute Gasteiger partial charge is 0.248 e. The summed E-state index contributed by atoms with van der Waals surface area (Å²) in [6, 6.07) is -0.337. The Balaban J connectivity index is 2.72. The van der Waals surface area contributed by atoms with E-state index in [1.807, 2.05) is 6.92 Å². The Bertz CT molecular complexity index is 368. The molecule has 1 heterocycles. The molecule has 1 atom stereocenters. The number of nitrogens with zero attached hydrogens (tertiary/aromatic N) is 1. The molecule has 100 valence electrons. The van der Waals surface area contributed by atoms with Gasteiger partial charge >= 0.3 is 0 Å². The van der Waals surface area contributed by atoms with E-state index in [-0.39, 0.29) is 17.9 Å². The van der Waals surface area contributed by atoms with E-state index in [9.17, 15) is 9.59 Å². The van der Waals surface area contributed by atoms with Crippen molar-refractivity contribution in [3.8, 4) is 12.3 Å². The zero-order valence-corrected chi connectivity index (χ0v) is 11.5.